The van der Waals surface area contributed by atoms with Gasteiger partial charge in [0.15, 0.2) is 10.6 Å². The molecule has 0 aliphatic heterocycles. The highest BCUT2D eigenvalue weighted by molar-refractivity contribution is 7.71. The third kappa shape index (κ3) is 3.91. The Morgan fingerprint density at radius 1 is 1.31 bits per heavy atom. The van der Waals surface area contributed by atoms with Crippen LogP contribution in [0.25, 0.3) is 0 Å². The zero-order chi connectivity index (χ0) is 18.7. The molecule has 3 aromatic rings. The monoisotopic (exact) mass is 370 g/mol. The number of aromatic amines is 1. The number of carbonyl (C=O) groups is 1. The molecule has 2 heterocycles. The second kappa shape index (κ2) is 7.65. The molecule has 0 aliphatic rings. The van der Waals surface area contributed by atoms with E-state index >= 15 is 0 Å². The maximum atomic E-state index is 12.5. The van der Waals surface area contributed by atoms with Crippen LogP contribution in [0.5, 0.6) is 0 Å². The number of aryl methyl sites for hydroxylation is 2. The number of carbonyl (C=O) groups excluding carboxylic acids is 1. The number of nitrogens with one attached hydrogen (secondary N) is 2. The summed E-state index contributed by atoms with van der Waals surface area (Å²) in [6.07, 6.45) is 0. The summed E-state index contributed by atoms with van der Waals surface area (Å²) < 4.78 is 4.35. The van der Waals surface area contributed by atoms with E-state index in [9.17, 15) is 4.79 Å². The van der Waals surface area contributed by atoms with Gasteiger partial charge in [-0.2, -0.15) is 10.2 Å². The molecule has 8 heteroatoms. The van der Waals surface area contributed by atoms with Crippen LogP contribution in [-0.2, 0) is 19.6 Å². The predicted octanol–water partition coefficient (Wildman–Crippen LogP) is 2.75. The molecule has 7 nitrogen and oxygen atoms in total. The van der Waals surface area contributed by atoms with Crippen LogP contribution >= 0.6 is 12.2 Å². The number of hydrogen-bond acceptors (Lipinski definition) is 4. The van der Waals surface area contributed by atoms with E-state index < -0.39 is 0 Å². The van der Waals surface area contributed by atoms with Gasteiger partial charge in [0.05, 0.1) is 18.8 Å². The topological polar surface area (TPSA) is 80.5 Å². The van der Waals surface area contributed by atoms with Crippen LogP contribution in [-0.4, -0.2) is 30.5 Å². The van der Waals surface area contributed by atoms with Crippen molar-refractivity contribution in [2.45, 2.75) is 40.4 Å². The Bertz CT molecular complexity index is 984. The minimum absolute atomic E-state index is 0.142. The van der Waals surface area contributed by atoms with Gasteiger partial charge in [0.25, 0.3) is 5.91 Å². The summed E-state index contributed by atoms with van der Waals surface area (Å²) >= 11 is 5.16. The fourth-order valence-electron chi connectivity index (χ4n) is 2.89. The molecule has 3 rings (SSSR count). The third-order valence-corrected chi connectivity index (χ3v) is 4.50. The molecular weight excluding hydrogens is 348 g/mol. The van der Waals surface area contributed by atoms with Crippen molar-refractivity contribution in [3.05, 3.63) is 63.4 Å². The lowest BCUT2D eigenvalue weighted by atomic mass is 10.1. The third-order valence-electron chi connectivity index (χ3n) is 4.19. The largest absolute Gasteiger partial charge is 0.345 e. The van der Waals surface area contributed by atoms with Gasteiger partial charge in [0.2, 0.25) is 0 Å². The molecule has 0 atom stereocenters. The summed E-state index contributed by atoms with van der Waals surface area (Å²) in [7, 11) is 0. The predicted molar refractivity (Wildman–Crippen MR) is 102 cm³/mol. The molecule has 0 fully saturated rings. The molecule has 2 N–H and O–H groups in total. The van der Waals surface area contributed by atoms with Crippen LogP contribution in [0.1, 0.15) is 40.1 Å². The molecule has 0 saturated heterocycles. The zero-order valence-corrected chi connectivity index (χ0v) is 15.9. The van der Waals surface area contributed by atoms with E-state index in [1.807, 2.05) is 54.3 Å². The van der Waals surface area contributed by atoms with E-state index in [0.717, 1.165) is 17.0 Å². The summed E-state index contributed by atoms with van der Waals surface area (Å²) in [5, 5.41) is 14.3. The smallest absolute Gasteiger partial charge is 0.251 e. The van der Waals surface area contributed by atoms with Crippen molar-refractivity contribution in [3.63, 3.8) is 0 Å². The molecule has 1 aromatic carbocycles. The van der Waals surface area contributed by atoms with Gasteiger partial charge < -0.3 is 9.88 Å². The molecule has 136 valence electrons. The van der Waals surface area contributed by atoms with E-state index in [0.29, 0.717) is 35.8 Å². The molecule has 0 saturated carbocycles. The Morgan fingerprint density at radius 2 is 2.12 bits per heavy atom. The van der Waals surface area contributed by atoms with Gasteiger partial charge in [0.1, 0.15) is 0 Å². The lowest BCUT2D eigenvalue weighted by Gasteiger charge is -2.09. The highest BCUT2D eigenvalue weighted by Crippen LogP contribution is 2.10. The fraction of sp³-hybridized carbons (Fsp3) is 0.333. The van der Waals surface area contributed by atoms with Crippen LogP contribution in [0.15, 0.2) is 30.3 Å². The van der Waals surface area contributed by atoms with Crippen LogP contribution in [0.4, 0.5) is 0 Å². The number of H-pyrrole nitrogens is 1. The Kier molecular flexibility index (Phi) is 5.32. The summed E-state index contributed by atoms with van der Waals surface area (Å²) in [4.78, 5) is 12.5. The van der Waals surface area contributed by atoms with Crippen LogP contribution in [0, 0.1) is 18.6 Å². The first kappa shape index (κ1) is 18.1. The highest BCUT2D eigenvalue weighted by atomic mass is 32.1. The van der Waals surface area contributed by atoms with E-state index in [-0.39, 0.29) is 5.91 Å². The number of aromatic nitrogens is 5. The Morgan fingerprint density at radius 3 is 2.81 bits per heavy atom. The number of nitrogens with zero attached hydrogens (tertiary/aromatic N) is 4. The molecule has 0 unspecified atom stereocenters. The summed E-state index contributed by atoms with van der Waals surface area (Å²) in [6.45, 7) is 7.64. The Labute approximate surface area is 157 Å². The maximum absolute atomic E-state index is 12.5. The fourth-order valence-corrected chi connectivity index (χ4v) is 3.17. The van der Waals surface area contributed by atoms with Gasteiger partial charge in [-0.05, 0) is 56.8 Å². The molecule has 0 spiro atoms. The summed E-state index contributed by atoms with van der Waals surface area (Å²) in [6, 6.07) is 9.62. The quantitative estimate of drug-likeness (QED) is 0.654. The molecule has 0 aliphatic carbocycles. The van der Waals surface area contributed by atoms with E-state index in [1.54, 1.807) is 6.07 Å². The SMILES string of the molecule is CCn1c(CNC(=O)c2cccc(Cn3nc(C)cc3C)c2)n[nH]c1=S. The second-order valence-corrected chi connectivity index (χ2v) is 6.54. The first-order valence-corrected chi connectivity index (χ1v) is 8.91. The van der Waals surface area contributed by atoms with Crippen LogP contribution < -0.4 is 5.32 Å². The van der Waals surface area contributed by atoms with Gasteiger partial charge in [-0.1, -0.05) is 12.1 Å². The van der Waals surface area contributed by atoms with Gasteiger partial charge in [-0.3, -0.25) is 14.6 Å². The lowest BCUT2D eigenvalue weighted by Crippen LogP contribution is -2.25. The van der Waals surface area contributed by atoms with Gasteiger partial charge in [-0.25, -0.2) is 0 Å². The lowest BCUT2D eigenvalue weighted by molar-refractivity contribution is 0.0949. The van der Waals surface area contributed by atoms with Crippen molar-refractivity contribution in [1.29, 1.82) is 0 Å². The maximum Gasteiger partial charge on any atom is 0.251 e. The molecule has 0 radical (unpaired) electrons. The van der Waals surface area contributed by atoms with Crippen molar-refractivity contribution in [1.82, 2.24) is 29.9 Å². The number of amides is 1. The normalized spacial score (nSPS) is 10.9. The van der Waals surface area contributed by atoms with Gasteiger partial charge >= 0.3 is 0 Å². The zero-order valence-electron chi connectivity index (χ0n) is 15.1. The summed E-state index contributed by atoms with van der Waals surface area (Å²) in [5.74, 6) is 0.571. The number of hydrogen-bond donors (Lipinski definition) is 2. The molecule has 2 aromatic heterocycles. The van der Waals surface area contributed by atoms with Crippen molar-refractivity contribution >= 4 is 18.1 Å². The van der Waals surface area contributed by atoms with Crippen LogP contribution in [0.3, 0.4) is 0 Å². The first-order chi connectivity index (χ1) is 12.5. The van der Waals surface area contributed by atoms with Crippen molar-refractivity contribution < 1.29 is 4.79 Å². The van der Waals surface area contributed by atoms with Crippen molar-refractivity contribution in [3.8, 4) is 0 Å². The van der Waals surface area contributed by atoms with Gasteiger partial charge in [-0.15, -0.1) is 0 Å². The van der Waals surface area contributed by atoms with E-state index in [4.69, 9.17) is 12.2 Å². The summed E-state index contributed by atoms with van der Waals surface area (Å²) in [5.41, 5.74) is 3.72. The Hall–Kier alpha value is -2.74. The van der Waals surface area contributed by atoms with E-state index in [2.05, 4.69) is 20.6 Å². The standard InChI is InChI=1S/C18H22N6OS/c1-4-23-16(20-21-18(23)26)10-19-17(25)15-7-5-6-14(9-15)11-24-13(3)8-12(2)22-24/h5-9H,4,10-11H2,1-3H3,(H,19,25)(H,21,26). The van der Waals surface area contributed by atoms with Crippen molar-refractivity contribution in [2.75, 3.05) is 0 Å². The van der Waals surface area contributed by atoms with Gasteiger partial charge in [0, 0.05) is 17.8 Å². The van der Waals surface area contributed by atoms with Crippen LogP contribution in [0.2, 0.25) is 0 Å². The average Bonchev–Trinajstić information content (AvgIpc) is 3.14. The molecule has 26 heavy (non-hydrogen) atoms. The number of benzene rings is 1. The van der Waals surface area contributed by atoms with Crippen molar-refractivity contribution in [2.24, 2.45) is 0 Å². The molecular formula is C18H22N6OS. The molecule has 0 bridgehead atoms. The first-order valence-electron chi connectivity index (χ1n) is 8.50. The molecule has 1 amide bonds. The average molecular weight is 370 g/mol. The highest BCUT2D eigenvalue weighted by Gasteiger charge is 2.10. The second-order valence-electron chi connectivity index (χ2n) is 6.16. The van der Waals surface area contributed by atoms with E-state index in [1.165, 1.54) is 0 Å². The minimum atomic E-state index is -0.142. The number of rotatable bonds is 6. The Balaban J connectivity index is 1.70. The minimum Gasteiger partial charge on any atom is -0.345 e.